The third kappa shape index (κ3) is 8.70. The SMILES string of the molecule is CC(C)c1cccc2c1NC(=O)C(NC(=O)C(CCC(F)(F)F)C(CCC(F)(F)F)C(N)=O)N=C2c1cccc(Cl)c1. The average Bonchev–Trinajstić information content (AvgIpc) is 3.00. The molecule has 0 saturated carbocycles. The number of primary amides is 1. The van der Waals surface area contributed by atoms with Crippen molar-refractivity contribution in [2.45, 2.75) is 64.0 Å². The van der Waals surface area contributed by atoms with Crippen molar-refractivity contribution in [3.05, 3.63) is 64.2 Å². The monoisotopic (exact) mass is 618 g/mol. The summed E-state index contributed by atoms with van der Waals surface area (Å²) in [4.78, 5) is 43.2. The van der Waals surface area contributed by atoms with Crippen molar-refractivity contribution in [1.82, 2.24) is 5.32 Å². The smallest absolute Gasteiger partial charge is 0.369 e. The summed E-state index contributed by atoms with van der Waals surface area (Å²) in [5.74, 6) is -7.36. The van der Waals surface area contributed by atoms with Crippen LogP contribution in [-0.2, 0) is 14.4 Å². The fourth-order valence-corrected chi connectivity index (χ4v) is 4.93. The molecular weight excluding hydrogens is 590 g/mol. The van der Waals surface area contributed by atoms with Gasteiger partial charge < -0.3 is 16.4 Å². The van der Waals surface area contributed by atoms with E-state index in [1.807, 2.05) is 13.8 Å². The molecule has 3 atom stereocenters. The molecule has 0 spiro atoms. The Morgan fingerprint density at radius 1 is 1.00 bits per heavy atom. The first kappa shape index (κ1) is 32.9. The largest absolute Gasteiger partial charge is 0.389 e. The van der Waals surface area contributed by atoms with Gasteiger partial charge in [0.2, 0.25) is 18.0 Å². The maximum atomic E-state index is 13.4. The lowest BCUT2D eigenvalue weighted by Crippen LogP contribution is -2.48. The number of nitrogens with one attached hydrogen (secondary N) is 2. The Balaban J connectivity index is 2.06. The molecule has 1 aliphatic heterocycles. The highest BCUT2D eigenvalue weighted by molar-refractivity contribution is 6.31. The van der Waals surface area contributed by atoms with Crippen LogP contribution in [0.5, 0.6) is 0 Å². The number of carbonyl (C=O) groups is 3. The number of anilines is 1. The molecule has 1 heterocycles. The van der Waals surface area contributed by atoms with E-state index in [1.165, 1.54) is 0 Å². The van der Waals surface area contributed by atoms with Gasteiger partial charge in [0.05, 0.1) is 11.4 Å². The van der Waals surface area contributed by atoms with Gasteiger partial charge in [-0.25, -0.2) is 4.99 Å². The summed E-state index contributed by atoms with van der Waals surface area (Å²) < 4.78 is 78.1. The minimum Gasteiger partial charge on any atom is -0.369 e. The van der Waals surface area contributed by atoms with Gasteiger partial charge in [0, 0.05) is 40.8 Å². The highest BCUT2D eigenvalue weighted by atomic mass is 35.5. The Bertz CT molecular complexity index is 1360. The van der Waals surface area contributed by atoms with Gasteiger partial charge in [-0.1, -0.05) is 55.8 Å². The molecule has 0 aliphatic carbocycles. The van der Waals surface area contributed by atoms with Crippen molar-refractivity contribution < 1.29 is 40.7 Å². The van der Waals surface area contributed by atoms with Crippen molar-refractivity contribution >= 4 is 40.7 Å². The van der Waals surface area contributed by atoms with Crippen LogP contribution in [0.1, 0.15) is 62.1 Å². The molecule has 0 aromatic heterocycles. The molecule has 0 saturated heterocycles. The van der Waals surface area contributed by atoms with Crippen LogP contribution in [-0.4, -0.2) is 42.0 Å². The molecule has 7 nitrogen and oxygen atoms in total. The number of aliphatic imine (C=N–C) groups is 1. The molecule has 4 N–H and O–H groups in total. The second kappa shape index (κ2) is 13.1. The first-order valence-corrected chi connectivity index (χ1v) is 13.4. The summed E-state index contributed by atoms with van der Waals surface area (Å²) in [5, 5.41) is 5.30. The maximum absolute atomic E-state index is 13.4. The van der Waals surface area contributed by atoms with Crippen LogP contribution in [0.25, 0.3) is 0 Å². The first-order chi connectivity index (χ1) is 19.5. The Labute approximate surface area is 242 Å². The van der Waals surface area contributed by atoms with E-state index in [2.05, 4.69) is 15.6 Å². The van der Waals surface area contributed by atoms with Crippen LogP contribution in [0.15, 0.2) is 47.5 Å². The standard InChI is InChI=1S/C28H29ClF6N4O3/c1-14(2)17-7-4-8-20-21(15-5-3-6-16(29)13-15)37-24(26(42)38-22(17)20)39-25(41)19(10-12-28(33,34)35)18(23(36)40)9-11-27(30,31)32/h3-8,13-14,18-19,24H,9-12H2,1-2H3,(H2,36,40)(H,38,42)(H,39,41). The van der Waals surface area contributed by atoms with E-state index in [9.17, 15) is 40.7 Å². The molecule has 2 aromatic rings. The molecule has 0 fully saturated rings. The summed E-state index contributed by atoms with van der Waals surface area (Å²) in [6.45, 7) is 3.77. The lowest BCUT2D eigenvalue weighted by atomic mass is 9.83. The number of alkyl halides is 6. The normalized spacial score (nSPS) is 17.0. The number of nitrogens with two attached hydrogens (primary N) is 1. The van der Waals surface area contributed by atoms with Crippen LogP contribution < -0.4 is 16.4 Å². The van der Waals surface area contributed by atoms with Crippen molar-refractivity contribution in [3.8, 4) is 0 Å². The molecule has 0 bridgehead atoms. The lowest BCUT2D eigenvalue weighted by molar-refractivity contribution is -0.152. The van der Waals surface area contributed by atoms with Gasteiger partial charge in [0.25, 0.3) is 5.91 Å². The van der Waals surface area contributed by atoms with Crippen LogP contribution in [0.2, 0.25) is 5.02 Å². The Hall–Kier alpha value is -3.61. The summed E-state index contributed by atoms with van der Waals surface area (Å²) >= 11 is 6.18. The fourth-order valence-electron chi connectivity index (χ4n) is 4.74. The van der Waals surface area contributed by atoms with E-state index in [1.54, 1.807) is 42.5 Å². The van der Waals surface area contributed by atoms with Crippen molar-refractivity contribution in [2.75, 3.05) is 5.32 Å². The van der Waals surface area contributed by atoms with Gasteiger partial charge >= 0.3 is 12.4 Å². The minimum atomic E-state index is -4.78. The number of hydrogen-bond donors (Lipinski definition) is 3. The van der Waals surface area contributed by atoms with Crippen molar-refractivity contribution in [1.29, 1.82) is 0 Å². The van der Waals surface area contributed by atoms with Gasteiger partial charge in [0.15, 0.2) is 0 Å². The summed E-state index contributed by atoms with van der Waals surface area (Å²) in [6.07, 6.45) is -16.4. The number of para-hydroxylation sites is 1. The number of hydrogen-bond acceptors (Lipinski definition) is 4. The van der Waals surface area contributed by atoms with Gasteiger partial charge in [-0.3, -0.25) is 14.4 Å². The molecule has 228 valence electrons. The zero-order valence-corrected chi connectivity index (χ0v) is 23.3. The van der Waals surface area contributed by atoms with E-state index in [0.717, 1.165) is 5.56 Å². The molecule has 3 unspecified atom stereocenters. The molecule has 1 aliphatic rings. The first-order valence-electron chi connectivity index (χ1n) is 13.0. The number of amides is 3. The highest BCUT2D eigenvalue weighted by Crippen LogP contribution is 2.34. The topological polar surface area (TPSA) is 114 Å². The summed E-state index contributed by atoms with van der Waals surface area (Å²) in [7, 11) is 0. The quantitative estimate of drug-likeness (QED) is 0.280. The van der Waals surface area contributed by atoms with E-state index >= 15 is 0 Å². The van der Waals surface area contributed by atoms with Gasteiger partial charge in [-0.2, -0.15) is 26.3 Å². The van der Waals surface area contributed by atoms with Crippen LogP contribution in [0.4, 0.5) is 32.0 Å². The molecule has 3 amide bonds. The Morgan fingerprint density at radius 2 is 1.60 bits per heavy atom. The Kier molecular flexibility index (Phi) is 10.3. The Morgan fingerprint density at radius 3 is 2.14 bits per heavy atom. The number of halogens is 7. The number of carbonyl (C=O) groups excluding carboxylic acids is 3. The molecule has 14 heteroatoms. The number of benzodiazepines with no additional fused rings is 1. The van der Waals surface area contributed by atoms with Crippen molar-refractivity contribution in [2.24, 2.45) is 22.6 Å². The van der Waals surface area contributed by atoms with Gasteiger partial charge in [-0.15, -0.1) is 0 Å². The number of benzene rings is 2. The second-order valence-corrected chi connectivity index (χ2v) is 10.7. The van der Waals surface area contributed by atoms with Crippen molar-refractivity contribution in [3.63, 3.8) is 0 Å². The van der Waals surface area contributed by atoms with E-state index in [-0.39, 0.29) is 11.6 Å². The van der Waals surface area contributed by atoms with Crippen LogP contribution in [0.3, 0.4) is 0 Å². The minimum absolute atomic E-state index is 0.0660. The van der Waals surface area contributed by atoms with E-state index < -0.39 is 73.8 Å². The third-order valence-electron chi connectivity index (χ3n) is 6.77. The molecule has 2 aromatic carbocycles. The summed E-state index contributed by atoms with van der Waals surface area (Å²) in [5.41, 5.74) is 7.52. The van der Waals surface area contributed by atoms with E-state index in [0.29, 0.717) is 21.8 Å². The van der Waals surface area contributed by atoms with Crippen LogP contribution >= 0.6 is 11.6 Å². The highest BCUT2D eigenvalue weighted by Gasteiger charge is 2.40. The third-order valence-corrected chi connectivity index (χ3v) is 7.01. The maximum Gasteiger partial charge on any atom is 0.389 e. The lowest BCUT2D eigenvalue weighted by Gasteiger charge is -2.26. The number of fused-ring (bicyclic) bond motifs is 1. The van der Waals surface area contributed by atoms with Gasteiger partial charge in [0.1, 0.15) is 0 Å². The van der Waals surface area contributed by atoms with Crippen LogP contribution in [0, 0.1) is 11.8 Å². The molecule has 0 radical (unpaired) electrons. The predicted octanol–water partition coefficient (Wildman–Crippen LogP) is 6.10. The average molecular weight is 619 g/mol. The summed E-state index contributed by atoms with van der Waals surface area (Å²) in [6, 6.07) is 11.6. The zero-order chi connectivity index (χ0) is 31.4. The second-order valence-electron chi connectivity index (χ2n) is 10.2. The number of nitrogens with zero attached hydrogens (tertiary/aromatic N) is 1. The fraction of sp³-hybridized carbons (Fsp3) is 0.429. The number of rotatable bonds is 10. The molecule has 3 rings (SSSR count). The molecule has 42 heavy (non-hydrogen) atoms. The molecular formula is C28H29ClF6N4O3. The van der Waals surface area contributed by atoms with Gasteiger partial charge in [-0.05, 0) is 36.5 Å². The zero-order valence-electron chi connectivity index (χ0n) is 22.6. The van der Waals surface area contributed by atoms with E-state index in [4.69, 9.17) is 17.3 Å². The predicted molar refractivity (Wildman–Crippen MR) is 145 cm³/mol.